The largest absolute Gasteiger partial charge is 0.482 e. The molecule has 2 aromatic carbocycles. The van der Waals surface area contributed by atoms with Gasteiger partial charge in [0.15, 0.2) is 12.4 Å². The van der Waals surface area contributed by atoms with Crippen LogP contribution in [-0.2, 0) is 16.1 Å². The van der Waals surface area contributed by atoms with Crippen molar-refractivity contribution in [1.29, 1.82) is 0 Å². The van der Waals surface area contributed by atoms with Crippen molar-refractivity contribution in [3.63, 3.8) is 0 Å². The zero-order valence-electron chi connectivity index (χ0n) is 15.4. The molecule has 1 heterocycles. The Morgan fingerprint density at radius 1 is 1.11 bits per heavy atom. The molecule has 0 aliphatic carbocycles. The Morgan fingerprint density at radius 3 is 2.54 bits per heavy atom. The lowest BCUT2D eigenvalue weighted by molar-refractivity contribution is -0.147. The van der Waals surface area contributed by atoms with Gasteiger partial charge >= 0.3 is 5.97 Å². The molecule has 28 heavy (non-hydrogen) atoms. The average Bonchev–Trinajstić information content (AvgIpc) is 3.13. The maximum absolute atomic E-state index is 13.8. The maximum atomic E-state index is 13.8. The van der Waals surface area contributed by atoms with Crippen LogP contribution < -0.4 is 4.74 Å². The highest BCUT2D eigenvalue weighted by atomic mass is 19.1. The summed E-state index contributed by atoms with van der Waals surface area (Å²) in [4.78, 5) is 11.8. The first kappa shape index (κ1) is 19.5. The number of esters is 1. The molecule has 3 rings (SSSR count). The molecule has 1 aromatic heterocycles. The van der Waals surface area contributed by atoms with Crippen molar-refractivity contribution < 1.29 is 27.6 Å². The summed E-state index contributed by atoms with van der Waals surface area (Å²) >= 11 is 0. The third-order valence-electron chi connectivity index (χ3n) is 4.04. The topological polar surface area (TPSA) is 61.6 Å². The first-order chi connectivity index (χ1) is 13.4. The fraction of sp³-hybridized carbons (Fsp3) is 0.238. The van der Waals surface area contributed by atoms with Crippen LogP contribution in [0.3, 0.4) is 0 Å². The molecule has 0 saturated heterocycles. The summed E-state index contributed by atoms with van der Waals surface area (Å²) in [5.74, 6) is -0.938. The van der Waals surface area contributed by atoms with Gasteiger partial charge in [0.2, 0.25) is 0 Å². The van der Waals surface area contributed by atoms with Gasteiger partial charge in [0.1, 0.15) is 29.7 Å². The molecule has 5 nitrogen and oxygen atoms in total. The second kappa shape index (κ2) is 8.65. The average molecular weight is 387 g/mol. The minimum Gasteiger partial charge on any atom is -0.482 e. The number of aromatic nitrogens is 1. The van der Waals surface area contributed by atoms with Crippen molar-refractivity contribution in [1.82, 2.24) is 5.16 Å². The number of carbonyl (C=O) groups excluding carboxylic acids is 1. The molecule has 3 aromatic rings. The highest BCUT2D eigenvalue weighted by molar-refractivity contribution is 5.71. The van der Waals surface area contributed by atoms with Crippen LogP contribution in [0, 0.1) is 11.6 Å². The van der Waals surface area contributed by atoms with E-state index in [9.17, 15) is 13.6 Å². The zero-order valence-corrected chi connectivity index (χ0v) is 15.4. The minimum atomic E-state index is -0.767. The summed E-state index contributed by atoms with van der Waals surface area (Å²) in [5.41, 5.74) is 1.54. The molecular formula is C21H19F2NO4. The van der Waals surface area contributed by atoms with Crippen molar-refractivity contribution in [2.75, 3.05) is 6.61 Å². The molecule has 0 atom stereocenters. The van der Waals surface area contributed by atoms with Crippen molar-refractivity contribution in [2.24, 2.45) is 0 Å². The smallest absolute Gasteiger partial charge is 0.344 e. The number of ether oxygens (including phenoxy) is 2. The van der Waals surface area contributed by atoms with Crippen LogP contribution >= 0.6 is 0 Å². The van der Waals surface area contributed by atoms with E-state index in [4.69, 9.17) is 14.0 Å². The van der Waals surface area contributed by atoms with E-state index < -0.39 is 17.6 Å². The van der Waals surface area contributed by atoms with E-state index in [2.05, 4.69) is 19.0 Å². The summed E-state index contributed by atoms with van der Waals surface area (Å²) in [7, 11) is 0. The number of nitrogens with zero attached hydrogens (tertiary/aromatic N) is 1. The van der Waals surface area contributed by atoms with Gasteiger partial charge < -0.3 is 14.0 Å². The van der Waals surface area contributed by atoms with Crippen LogP contribution in [0.1, 0.15) is 31.0 Å². The predicted molar refractivity (Wildman–Crippen MR) is 97.7 cm³/mol. The summed E-state index contributed by atoms with van der Waals surface area (Å²) in [6.45, 7) is 3.78. The Labute approximate surface area is 160 Å². The van der Waals surface area contributed by atoms with E-state index in [1.807, 2.05) is 12.1 Å². The number of halogens is 2. The summed E-state index contributed by atoms with van der Waals surface area (Å²) in [6, 6.07) is 12.0. The molecular weight excluding hydrogens is 368 g/mol. The molecule has 146 valence electrons. The minimum absolute atomic E-state index is 0.0691. The van der Waals surface area contributed by atoms with E-state index in [1.54, 1.807) is 12.1 Å². The zero-order chi connectivity index (χ0) is 20.1. The Kier molecular flexibility index (Phi) is 6.03. The molecule has 0 bridgehead atoms. The van der Waals surface area contributed by atoms with Gasteiger partial charge in [-0.2, -0.15) is 0 Å². The quantitative estimate of drug-likeness (QED) is 0.542. The third-order valence-corrected chi connectivity index (χ3v) is 4.04. The van der Waals surface area contributed by atoms with Gasteiger partial charge in [-0.1, -0.05) is 31.1 Å². The van der Waals surface area contributed by atoms with Crippen molar-refractivity contribution >= 4 is 5.97 Å². The SMILES string of the molecule is CC(C)c1ccc(OCC(=O)OCc2cc(-c3ccc(F)cc3F)on2)cc1. The highest BCUT2D eigenvalue weighted by Crippen LogP contribution is 2.24. The van der Waals surface area contributed by atoms with Gasteiger partial charge in [0, 0.05) is 12.1 Å². The lowest BCUT2D eigenvalue weighted by Gasteiger charge is -2.08. The number of carbonyl (C=O) groups is 1. The second-order valence-electron chi connectivity index (χ2n) is 6.48. The monoisotopic (exact) mass is 387 g/mol. The molecule has 0 fully saturated rings. The molecule has 0 aliphatic heterocycles. The van der Waals surface area contributed by atoms with Crippen molar-refractivity contribution in [2.45, 2.75) is 26.4 Å². The van der Waals surface area contributed by atoms with Crippen LogP contribution in [0.25, 0.3) is 11.3 Å². The standard InChI is InChI=1S/C21H19F2NO4/c1-13(2)14-3-6-17(7-4-14)26-12-21(25)27-11-16-10-20(28-24-16)18-8-5-15(22)9-19(18)23/h3-10,13H,11-12H2,1-2H3. The molecule has 0 saturated carbocycles. The predicted octanol–water partition coefficient (Wildman–Crippen LogP) is 4.87. The fourth-order valence-corrected chi connectivity index (χ4v) is 2.48. The van der Waals surface area contributed by atoms with Gasteiger partial charge in [0.05, 0.1) is 5.56 Å². The van der Waals surface area contributed by atoms with Crippen LogP contribution in [0.15, 0.2) is 53.1 Å². The lowest BCUT2D eigenvalue weighted by atomic mass is 10.0. The maximum Gasteiger partial charge on any atom is 0.344 e. The van der Waals surface area contributed by atoms with Crippen molar-refractivity contribution in [3.05, 3.63) is 71.4 Å². The lowest BCUT2D eigenvalue weighted by Crippen LogP contribution is -2.14. The normalized spacial score (nSPS) is 10.9. The van der Waals surface area contributed by atoms with Crippen LogP contribution in [-0.4, -0.2) is 17.7 Å². The van der Waals surface area contributed by atoms with Crippen LogP contribution in [0.4, 0.5) is 8.78 Å². The molecule has 0 N–H and O–H groups in total. The van der Waals surface area contributed by atoms with Crippen LogP contribution in [0.2, 0.25) is 0 Å². The van der Waals surface area contributed by atoms with Gasteiger partial charge in [-0.15, -0.1) is 0 Å². The van der Waals surface area contributed by atoms with Crippen molar-refractivity contribution in [3.8, 4) is 17.1 Å². The second-order valence-corrected chi connectivity index (χ2v) is 6.48. The third kappa shape index (κ3) is 4.94. The Balaban J connectivity index is 1.50. The molecule has 0 radical (unpaired) electrons. The van der Waals surface area contributed by atoms with E-state index in [0.717, 1.165) is 12.1 Å². The molecule has 7 heteroatoms. The molecule has 0 spiro atoms. The number of benzene rings is 2. The summed E-state index contributed by atoms with van der Waals surface area (Å²) in [5, 5.41) is 3.72. The number of hydrogen-bond donors (Lipinski definition) is 0. The number of rotatable bonds is 7. The highest BCUT2D eigenvalue weighted by Gasteiger charge is 2.14. The Hall–Kier alpha value is -3.22. The van der Waals surface area contributed by atoms with E-state index in [1.165, 1.54) is 17.7 Å². The molecule has 0 aliphatic rings. The Bertz CT molecular complexity index is 951. The Morgan fingerprint density at radius 2 is 1.86 bits per heavy atom. The van der Waals surface area contributed by atoms with E-state index in [0.29, 0.717) is 17.4 Å². The van der Waals surface area contributed by atoms with Gasteiger partial charge in [0.25, 0.3) is 0 Å². The van der Waals surface area contributed by atoms with E-state index >= 15 is 0 Å². The fourth-order valence-electron chi connectivity index (χ4n) is 2.48. The van der Waals surface area contributed by atoms with E-state index in [-0.39, 0.29) is 24.5 Å². The first-order valence-corrected chi connectivity index (χ1v) is 8.72. The van der Waals surface area contributed by atoms with Gasteiger partial charge in [-0.25, -0.2) is 13.6 Å². The number of hydrogen-bond acceptors (Lipinski definition) is 5. The van der Waals surface area contributed by atoms with Gasteiger partial charge in [-0.3, -0.25) is 0 Å². The van der Waals surface area contributed by atoms with Crippen LogP contribution in [0.5, 0.6) is 5.75 Å². The molecule has 0 unspecified atom stereocenters. The van der Waals surface area contributed by atoms with Gasteiger partial charge in [-0.05, 0) is 35.7 Å². The molecule has 0 amide bonds. The summed E-state index contributed by atoms with van der Waals surface area (Å²) < 4.78 is 42.2. The summed E-state index contributed by atoms with van der Waals surface area (Å²) in [6.07, 6.45) is 0. The first-order valence-electron chi connectivity index (χ1n) is 8.72.